The number of aromatic nitrogens is 4. The Morgan fingerprint density at radius 2 is 0.679 bits per heavy atom. The van der Waals surface area contributed by atoms with E-state index in [4.69, 9.17) is 25.7 Å². The van der Waals surface area contributed by atoms with E-state index in [0.29, 0.717) is 87.4 Å². The first-order valence-electron chi connectivity index (χ1n) is 42.0. The zero-order valence-electron chi connectivity index (χ0n) is 70.8. The maximum atomic E-state index is 13.2. The summed E-state index contributed by atoms with van der Waals surface area (Å²) < 4.78 is 140. The first kappa shape index (κ1) is 99.4. The molecule has 30 nitrogen and oxygen atoms in total. The van der Waals surface area contributed by atoms with Gasteiger partial charge in [-0.1, -0.05) is 91.0 Å². The minimum Gasteiger partial charge on any atom is -0.460 e. The smallest absolute Gasteiger partial charge is 0.423 e. The molecule has 14 rings (SSSR count). The van der Waals surface area contributed by atoms with Crippen molar-refractivity contribution in [3.63, 3.8) is 0 Å². The topological polar surface area (TPSA) is 433 Å². The number of nitro groups is 3. The molecule has 0 spiro atoms. The number of amides is 2. The average Bonchev–Trinajstić information content (AvgIpc) is 0.824. The van der Waals surface area contributed by atoms with Gasteiger partial charge >= 0.3 is 24.5 Å². The number of esters is 1. The first-order valence-corrected chi connectivity index (χ1v) is 42.0. The van der Waals surface area contributed by atoms with E-state index < -0.39 is 102 Å². The monoisotopic (exact) mass is 1820 g/mol. The van der Waals surface area contributed by atoms with Crippen molar-refractivity contribution in [2.75, 3.05) is 67.7 Å². The van der Waals surface area contributed by atoms with Gasteiger partial charge in [-0.05, 0) is 175 Å². The lowest BCUT2D eigenvalue weighted by atomic mass is 9.92. The SMILES string of the molecule is CCOC(=O)C(=O)Cc1ccc2ccccc2n1.NCCOC1CCC(Nc2ccc([N+](=O)[O-])c(C(F)(F)F)c2)CC1.Nc1ccc2ccccc2n1.O=C(Cc1ccc2ccccc2n1)C(=O)NCCOC1CCC(Nc2ccc([N+](=O)[O-])c(C(F)(F)F)c2)CC1.O=C(Cc1ccc2ccccc2n1)C(=O)NCCOC1CCC(Nc2ccc([N+](=O)[O-])c(C(F)(F)F)c2)CC1. The van der Waals surface area contributed by atoms with Crippen LogP contribution in [0.2, 0.25) is 0 Å². The summed E-state index contributed by atoms with van der Waals surface area (Å²) >= 11 is 0. The molecular formula is C92H95F9N14O16. The van der Waals surface area contributed by atoms with Crippen LogP contribution in [0.1, 0.15) is 118 Å². The highest BCUT2D eigenvalue weighted by molar-refractivity contribution is 6.37. The molecule has 0 atom stereocenters. The zero-order valence-corrected chi connectivity index (χ0v) is 70.8. The summed E-state index contributed by atoms with van der Waals surface area (Å²) in [4.78, 5) is 118. The van der Waals surface area contributed by atoms with E-state index in [2.05, 4.69) is 51.3 Å². The minimum atomic E-state index is -4.83. The van der Waals surface area contributed by atoms with Gasteiger partial charge in [-0.2, -0.15) is 39.5 Å². The highest BCUT2D eigenvalue weighted by Crippen LogP contribution is 2.42. The van der Waals surface area contributed by atoms with Crippen LogP contribution >= 0.6 is 0 Å². The number of alkyl halides is 9. The quantitative estimate of drug-likeness (QED) is 0.00549. The number of ether oxygens (including phenoxy) is 4. The predicted octanol–water partition coefficient (Wildman–Crippen LogP) is 16.7. The molecule has 0 bridgehead atoms. The predicted molar refractivity (Wildman–Crippen MR) is 470 cm³/mol. The van der Waals surface area contributed by atoms with E-state index in [-0.39, 0.29) is 106 Å². The van der Waals surface area contributed by atoms with Gasteiger partial charge in [0.15, 0.2) is 0 Å². The number of nitrogens with two attached hydrogens (primary N) is 2. The molecule has 7 aromatic carbocycles. The van der Waals surface area contributed by atoms with Gasteiger partial charge < -0.3 is 57.0 Å². The number of pyridine rings is 4. The number of hydrogen-bond acceptors (Lipinski definition) is 25. The summed E-state index contributed by atoms with van der Waals surface area (Å²) in [5.74, 6) is -3.39. The molecule has 0 radical (unpaired) electrons. The summed E-state index contributed by atoms with van der Waals surface area (Å²) in [6.45, 7) is 3.59. The number of anilines is 4. The maximum absolute atomic E-state index is 13.2. The van der Waals surface area contributed by atoms with E-state index in [0.717, 1.165) is 106 Å². The number of nitrogens with zero attached hydrogens (tertiary/aromatic N) is 7. The lowest BCUT2D eigenvalue weighted by Gasteiger charge is -2.30. The molecule has 39 heteroatoms. The maximum Gasteiger partial charge on any atom is 0.423 e. The molecule has 11 aromatic rings. The first-order chi connectivity index (χ1) is 62.6. The Labute approximate surface area is 744 Å². The van der Waals surface area contributed by atoms with Crippen molar-refractivity contribution >= 4 is 119 Å². The molecule has 131 heavy (non-hydrogen) atoms. The van der Waals surface area contributed by atoms with Crippen LogP contribution in [0.25, 0.3) is 43.6 Å². The zero-order chi connectivity index (χ0) is 94.4. The number of para-hydroxylation sites is 4. The Bertz CT molecular complexity index is 5610. The van der Waals surface area contributed by atoms with Crippen LogP contribution in [0.15, 0.2) is 200 Å². The number of ketones is 3. The highest BCUT2D eigenvalue weighted by atomic mass is 19.4. The Balaban J connectivity index is 0.000000180. The van der Waals surface area contributed by atoms with Gasteiger partial charge in [-0.15, -0.1) is 0 Å². The Morgan fingerprint density at radius 3 is 0.977 bits per heavy atom. The van der Waals surface area contributed by atoms with Crippen molar-refractivity contribution in [2.24, 2.45) is 5.73 Å². The van der Waals surface area contributed by atoms with Gasteiger partial charge in [-0.25, -0.2) is 9.78 Å². The molecule has 4 heterocycles. The minimum absolute atomic E-state index is 0.0188. The van der Waals surface area contributed by atoms with Crippen molar-refractivity contribution in [1.29, 1.82) is 0 Å². The number of halogens is 9. The number of carbonyl (C=O) groups is 6. The van der Waals surface area contributed by atoms with E-state index in [1.165, 1.54) is 18.2 Å². The van der Waals surface area contributed by atoms with Crippen LogP contribution < -0.4 is 38.1 Å². The number of Topliss-reactive ketones (excluding diaryl/α,β-unsaturated/α-hetero) is 3. The number of nitro benzene ring substituents is 3. The number of fused-ring (bicyclic) bond motifs is 4. The molecule has 3 fully saturated rings. The lowest BCUT2D eigenvalue weighted by molar-refractivity contribution is -0.388. The Morgan fingerprint density at radius 1 is 0.389 bits per heavy atom. The second kappa shape index (κ2) is 47.5. The van der Waals surface area contributed by atoms with Crippen LogP contribution in [0.4, 0.5) is 79.5 Å². The number of benzene rings is 7. The van der Waals surface area contributed by atoms with E-state index in [1.807, 2.05) is 127 Å². The summed E-state index contributed by atoms with van der Waals surface area (Å²) in [7, 11) is 0. The van der Waals surface area contributed by atoms with Crippen molar-refractivity contribution in [3.05, 3.63) is 264 Å². The molecule has 2 amide bonds. The van der Waals surface area contributed by atoms with E-state index >= 15 is 0 Å². The summed E-state index contributed by atoms with van der Waals surface area (Å²) in [6.07, 6.45) is -6.46. The molecule has 9 N–H and O–H groups in total. The largest absolute Gasteiger partial charge is 0.460 e. The standard InChI is InChI=1S/2C27H27F3N4O5.C15H20F3N3O3.C14H13NO3.C9H8N2/c2*28-27(29,30)22-15-19(9-12-24(22)34(37)38)32-18-7-10-21(11-8-18)39-14-13-31-26(36)25(35)16-20-6-5-17-3-1-2-4-23(17)33-20;16-15(17,18)13-9-11(3-6-14(13)21(22)23)20-10-1-4-12(5-2-10)24-8-7-19;1-2-18-14(17)13(16)9-11-8-7-10-5-3-4-6-12(10)15-11;10-9-6-5-7-3-1-2-4-8(7)11-9/h2*1-6,9,12,15,18,21,32H,7-8,10-11,13-14,16H2,(H,31,36);3,6,9-10,12,20H,1-2,4-5,7-8,19H2;3-8H,2,9H2,1H3;1-6H,(H2,10,11). The molecule has 0 aliphatic heterocycles. The van der Waals surface area contributed by atoms with Gasteiger partial charge in [0, 0.05) is 112 Å². The average molecular weight is 1820 g/mol. The van der Waals surface area contributed by atoms with Crippen LogP contribution in [0.5, 0.6) is 0 Å². The van der Waals surface area contributed by atoms with Crippen molar-refractivity contribution in [1.82, 2.24) is 30.6 Å². The molecule has 4 aromatic heterocycles. The third kappa shape index (κ3) is 30.7. The number of rotatable bonds is 30. The van der Waals surface area contributed by atoms with Crippen molar-refractivity contribution in [2.45, 2.75) is 158 Å². The molecule has 3 saturated carbocycles. The van der Waals surface area contributed by atoms with Gasteiger partial charge in [0.2, 0.25) is 17.3 Å². The van der Waals surface area contributed by atoms with Crippen LogP contribution in [0.3, 0.4) is 0 Å². The Hall–Kier alpha value is -13.8. The van der Waals surface area contributed by atoms with Crippen LogP contribution in [-0.4, -0.2) is 152 Å². The van der Waals surface area contributed by atoms with Crippen LogP contribution in [0, 0.1) is 30.3 Å². The fourth-order valence-corrected chi connectivity index (χ4v) is 14.7. The second-order valence-corrected chi connectivity index (χ2v) is 30.7. The third-order valence-corrected chi connectivity index (χ3v) is 21.2. The van der Waals surface area contributed by atoms with Gasteiger partial charge in [0.25, 0.3) is 28.9 Å². The molecule has 692 valence electrons. The molecule has 0 saturated heterocycles. The summed E-state index contributed by atoms with van der Waals surface area (Å²) in [6, 6.07) is 53.7. The van der Waals surface area contributed by atoms with Crippen molar-refractivity contribution in [3.8, 4) is 0 Å². The third-order valence-electron chi connectivity index (χ3n) is 21.2. The fourth-order valence-electron chi connectivity index (χ4n) is 14.7. The molecule has 3 aliphatic rings. The molecule has 0 unspecified atom stereocenters. The summed E-state index contributed by atoms with van der Waals surface area (Å²) in [5, 5.41) is 50.8. The van der Waals surface area contributed by atoms with E-state index in [9.17, 15) is 98.6 Å². The number of nitrogens with one attached hydrogen (secondary N) is 5. The summed E-state index contributed by atoms with van der Waals surface area (Å²) in [5.41, 5.74) is 9.62. The van der Waals surface area contributed by atoms with Gasteiger partial charge in [0.05, 0.1) is 101 Å². The normalized spacial score (nSPS) is 16.6. The highest BCUT2D eigenvalue weighted by Gasteiger charge is 2.42. The van der Waals surface area contributed by atoms with Crippen molar-refractivity contribution < 1.29 is 102 Å². The molecule has 3 aliphatic carbocycles. The van der Waals surface area contributed by atoms with Gasteiger partial charge in [-0.3, -0.25) is 69.3 Å². The second-order valence-electron chi connectivity index (χ2n) is 30.7. The van der Waals surface area contributed by atoms with E-state index in [1.54, 1.807) is 25.1 Å². The number of carbonyl (C=O) groups excluding carboxylic acids is 6. The number of nitrogen functional groups attached to an aromatic ring is 1. The Kier molecular flexibility index (Phi) is 36.0. The fraction of sp³-hybridized carbons (Fsp3) is 0.348. The van der Waals surface area contributed by atoms with Gasteiger partial charge in [0.1, 0.15) is 22.5 Å². The van der Waals surface area contributed by atoms with Crippen LogP contribution in [-0.2, 0) is 85.5 Å². The molecular weight excluding hydrogens is 1730 g/mol. The number of hydrogen-bond donors (Lipinski definition) is 7. The lowest BCUT2D eigenvalue weighted by Crippen LogP contribution is -2.36.